The fraction of sp³-hybridized carbons (Fsp3) is 0.118. The summed E-state index contributed by atoms with van der Waals surface area (Å²) in [5.41, 5.74) is 4.59. The van der Waals surface area contributed by atoms with E-state index in [1.807, 2.05) is 36.6 Å². The summed E-state index contributed by atoms with van der Waals surface area (Å²) >= 11 is 1.43. The summed E-state index contributed by atoms with van der Waals surface area (Å²) in [4.78, 5) is 1.04. The highest BCUT2D eigenvalue weighted by Crippen LogP contribution is 2.31. The third-order valence-electron chi connectivity index (χ3n) is 3.55. The molecule has 4 nitrogen and oxygen atoms in total. The van der Waals surface area contributed by atoms with Crippen LogP contribution in [0.2, 0.25) is 0 Å². The smallest absolute Gasteiger partial charge is 0.224 e. The molecule has 0 atom stereocenters. The van der Waals surface area contributed by atoms with E-state index in [9.17, 15) is 8.42 Å². The Hall–Kier alpha value is -2.05. The second kappa shape index (κ2) is 6.60. The van der Waals surface area contributed by atoms with Crippen molar-refractivity contribution in [3.05, 3.63) is 76.2 Å². The van der Waals surface area contributed by atoms with Crippen molar-refractivity contribution in [2.24, 2.45) is 5.10 Å². The summed E-state index contributed by atoms with van der Waals surface area (Å²) < 4.78 is 25.6. The minimum absolute atomic E-state index is 0.177. The molecular formula is C17H16N2O2S2. The Balaban J connectivity index is 1.97. The molecule has 0 fully saturated rings. The van der Waals surface area contributed by atoms with Gasteiger partial charge in [0, 0.05) is 11.3 Å². The second-order valence-corrected chi connectivity index (χ2v) is 7.77. The van der Waals surface area contributed by atoms with E-state index in [1.54, 1.807) is 30.3 Å². The van der Waals surface area contributed by atoms with E-state index >= 15 is 0 Å². The molecule has 0 saturated heterocycles. The maximum atomic E-state index is 12.8. The number of allylic oxidation sites excluding steroid dienone is 1. The lowest BCUT2D eigenvalue weighted by Crippen LogP contribution is -2.25. The third-order valence-corrected chi connectivity index (χ3v) is 6.29. The van der Waals surface area contributed by atoms with Crippen LogP contribution in [0.15, 0.2) is 80.6 Å². The van der Waals surface area contributed by atoms with Crippen molar-refractivity contribution >= 4 is 27.3 Å². The van der Waals surface area contributed by atoms with Crippen LogP contribution >= 0.6 is 11.8 Å². The molecule has 6 heteroatoms. The molecule has 0 bridgehead atoms. The third kappa shape index (κ3) is 3.18. The first-order valence-electron chi connectivity index (χ1n) is 7.08. The number of hydrogen-bond acceptors (Lipinski definition) is 5. The predicted molar refractivity (Wildman–Crippen MR) is 94.9 cm³/mol. The van der Waals surface area contributed by atoms with Crippen LogP contribution in [0.5, 0.6) is 0 Å². The summed E-state index contributed by atoms with van der Waals surface area (Å²) in [6.07, 6.45) is 2.38. The van der Waals surface area contributed by atoms with Crippen molar-refractivity contribution < 1.29 is 8.42 Å². The second-order valence-electron chi connectivity index (χ2n) is 4.99. The SMILES string of the molecule is CSC1=C(S(=O)(=O)c2ccccc2)NN=C(c2ccccc2)C1. The average molecular weight is 344 g/mol. The van der Waals surface area contributed by atoms with Crippen molar-refractivity contribution in [1.82, 2.24) is 5.43 Å². The lowest BCUT2D eigenvalue weighted by Gasteiger charge is -2.20. The van der Waals surface area contributed by atoms with E-state index in [0.29, 0.717) is 6.42 Å². The molecule has 0 unspecified atom stereocenters. The Morgan fingerprint density at radius 1 is 1.00 bits per heavy atom. The molecule has 3 rings (SSSR count). The minimum Gasteiger partial charge on any atom is -0.266 e. The number of thioether (sulfide) groups is 1. The Labute approximate surface area is 140 Å². The van der Waals surface area contributed by atoms with E-state index < -0.39 is 9.84 Å². The van der Waals surface area contributed by atoms with Crippen LogP contribution in [-0.2, 0) is 9.84 Å². The molecule has 0 aliphatic carbocycles. The molecule has 0 radical (unpaired) electrons. The van der Waals surface area contributed by atoms with Gasteiger partial charge in [0.2, 0.25) is 9.84 Å². The molecule has 0 saturated carbocycles. The summed E-state index contributed by atoms with van der Waals surface area (Å²) in [6, 6.07) is 18.2. The van der Waals surface area contributed by atoms with Crippen LogP contribution in [0, 0.1) is 0 Å². The van der Waals surface area contributed by atoms with E-state index in [2.05, 4.69) is 10.5 Å². The number of benzene rings is 2. The molecule has 0 amide bonds. The zero-order chi connectivity index (χ0) is 16.3. The van der Waals surface area contributed by atoms with E-state index in [-0.39, 0.29) is 9.92 Å². The molecule has 2 aromatic carbocycles. The molecule has 118 valence electrons. The summed E-state index contributed by atoms with van der Waals surface area (Å²) in [5.74, 6) is 0. The summed E-state index contributed by atoms with van der Waals surface area (Å²) in [7, 11) is -3.59. The van der Waals surface area contributed by atoms with Gasteiger partial charge in [-0.15, -0.1) is 11.8 Å². The van der Waals surface area contributed by atoms with Gasteiger partial charge in [-0.25, -0.2) is 8.42 Å². The van der Waals surface area contributed by atoms with Gasteiger partial charge in [-0.1, -0.05) is 48.5 Å². The van der Waals surface area contributed by atoms with Crippen LogP contribution < -0.4 is 5.43 Å². The number of rotatable bonds is 4. The number of hydrogen-bond donors (Lipinski definition) is 1. The quantitative estimate of drug-likeness (QED) is 0.924. The van der Waals surface area contributed by atoms with Crippen molar-refractivity contribution in [1.29, 1.82) is 0 Å². The highest BCUT2D eigenvalue weighted by molar-refractivity contribution is 8.04. The highest BCUT2D eigenvalue weighted by Gasteiger charge is 2.28. The Bertz CT molecular complexity index is 858. The first kappa shape index (κ1) is 15.8. The number of nitrogens with zero attached hydrogens (tertiary/aromatic N) is 1. The van der Waals surface area contributed by atoms with E-state index in [1.165, 1.54) is 11.8 Å². The number of hydrazone groups is 1. The van der Waals surface area contributed by atoms with Crippen molar-refractivity contribution in [2.45, 2.75) is 11.3 Å². The zero-order valence-electron chi connectivity index (χ0n) is 12.6. The van der Waals surface area contributed by atoms with Gasteiger partial charge in [-0.05, 0) is 24.0 Å². The molecular weight excluding hydrogens is 328 g/mol. The van der Waals surface area contributed by atoms with Crippen LogP contribution in [0.25, 0.3) is 0 Å². The van der Waals surface area contributed by atoms with E-state index in [0.717, 1.165) is 16.2 Å². The minimum atomic E-state index is -3.59. The molecule has 0 aromatic heterocycles. The molecule has 23 heavy (non-hydrogen) atoms. The van der Waals surface area contributed by atoms with Gasteiger partial charge in [0.1, 0.15) is 0 Å². The van der Waals surface area contributed by atoms with Gasteiger partial charge in [-0.3, -0.25) is 5.43 Å². The van der Waals surface area contributed by atoms with Gasteiger partial charge in [0.25, 0.3) is 0 Å². The molecule has 2 aromatic rings. The molecule has 0 spiro atoms. The summed E-state index contributed by atoms with van der Waals surface area (Å²) in [6.45, 7) is 0. The lowest BCUT2D eigenvalue weighted by molar-refractivity contribution is 0.597. The van der Waals surface area contributed by atoms with Crippen LogP contribution in [-0.4, -0.2) is 20.4 Å². The van der Waals surface area contributed by atoms with Gasteiger partial charge < -0.3 is 0 Å². The largest absolute Gasteiger partial charge is 0.266 e. The molecule has 1 aliphatic heterocycles. The van der Waals surface area contributed by atoms with Crippen LogP contribution in [0.1, 0.15) is 12.0 Å². The standard InChI is InChI=1S/C17H16N2O2S2/c1-22-16-12-15(13-8-4-2-5-9-13)18-19-17(16)23(20,21)14-10-6-3-7-11-14/h2-11,19H,12H2,1H3. The molecule has 1 heterocycles. The number of nitrogens with one attached hydrogen (secondary N) is 1. The topological polar surface area (TPSA) is 58.5 Å². The van der Waals surface area contributed by atoms with Crippen LogP contribution in [0.4, 0.5) is 0 Å². The van der Waals surface area contributed by atoms with Crippen molar-refractivity contribution in [3.8, 4) is 0 Å². The van der Waals surface area contributed by atoms with Crippen molar-refractivity contribution in [2.75, 3.05) is 6.26 Å². The molecule has 1 aliphatic rings. The Morgan fingerprint density at radius 2 is 1.61 bits per heavy atom. The van der Waals surface area contributed by atoms with Gasteiger partial charge >= 0.3 is 0 Å². The predicted octanol–water partition coefficient (Wildman–Crippen LogP) is 3.39. The maximum Gasteiger partial charge on any atom is 0.224 e. The summed E-state index contributed by atoms with van der Waals surface area (Å²) in [5, 5.41) is 4.46. The Morgan fingerprint density at radius 3 is 2.22 bits per heavy atom. The average Bonchev–Trinajstić information content (AvgIpc) is 2.62. The van der Waals surface area contributed by atoms with Crippen molar-refractivity contribution in [3.63, 3.8) is 0 Å². The van der Waals surface area contributed by atoms with Gasteiger partial charge in [0.05, 0.1) is 10.6 Å². The molecule has 1 N–H and O–H groups in total. The highest BCUT2D eigenvalue weighted by atomic mass is 32.2. The first-order valence-corrected chi connectivity index (χ1v) is 9.79. The maximum absolute atomic E-state index is 12.8. The monoisotopic (exact) mass is 344 g/mol. The fourth-order valence-electron chi connectivity index (χ4n) is 2.34. The normalized spacial score (nSPS) is 15.1. The zero-order valence-corrected chi connectivity index (χ0v) is 14.2. The number of sulfone groups is 1. The van der Waals surface area contributed by atoms with Gasteiger partial charge in [-0.2, -0.15) is 5.10 Å². The first-order chi connectivity index (χ1) is 11.1. The van der Waals surface area contributed by atoms with Gasteiger partial charge in [0.15, 0.2) is 5.03 Å². The fourth-order valence-corrected chi connectivity index (χ4v) is 4.72. The van der Waals surface area contributed by atoms with Crippen LogP contribution in [0.3, 0.4) is 0 Å². The lowest BCUT2D eigenvalue weighted by atomic mass is 10.1. The Kier molecular flexibility index (Phi) is 4.54. The van der Waals surface area contributed by atoms with E-state index in [4.69, 9.17) is 0 Å².